The number of benzene rings is 2. The predicted molar refractivity (Wildman–Crippen MR) is 180 cm³/mol. The number of hydrogen-bond donors (Lipinski definition) is 2. The van der Waals surface area contributed by atoms with Crippen LogP contribution in [-0.4, -0.2) is 73.5 Å². The first-order valence-corrected chi connectivity index (χ1v) is 16.6. The van der Waals surface area contributed by atoms with Crippen LogP contribution in [0.5, 0.6) is 5.75 Å². The lowest BCUT2D eigenvalue weighted by Crippen LogP contribution is -2.49. The number of carbonyl (C=O) groups excluding carboxylic acids is 2. The molecule has 0 radical (unpaired) electrons. The number of aliphatic hydroxyl groups excluding tert-OH is 1. The number of nitrogens with zero attached hydrogens (tertiary/aromatic N) is 2. The molecule has 5 rings (SSSR count). The molecular formula is C37H47ClN2O6. The number of carbonyl (C=O) groups is 2. The van der Waals surface area contributed by atoms with Crippen molar-refractivity contribution >= 4 is 29.2 Å². The molecule has 3 aliphatic rings. The van der Waals surface area contributed by atoms with Gasteiger partial charge in [-0.15, -0.1) is 13.2 Å². The van der Waals surface area contributed by atoms with Crippen molar-refractivity contribution < 1.29 is 29.3 Å². The van der Waals surface area contributed by atoms with Crippen molar-refractivity contribution in [1.29, 1.82) is 0 Å². The Hall–Kier alpha value is -3.33. The molecule has 0 saturated heterocycles. The molecule has 1 amide bonds. The SMILES string of the molecule is C=CC(O)[C@@H]1CC[C@H]1CN1C[C@@]2(CCCc3cc(Cl)ccc32)COc2ccc(C(O)(CC(=O)N(C)C[C@H](C)C=C)C(=O)OC)cc21. The number of halogens is 1. The summed E-state index contributed by atoms with van der Waals surface area (Å²) in [6.45, 7) is 11.7. The van der Waals surface area contributed by atoms with Crippen LogP contribution in [0.25, 0.3) is 0 Å². The van der Waals surface area contributed by atoms with Gasteiger partial charge in [0.15, 0.2) is 5.60 Å². The molecule has 1 aliphatic heterocycles. The van der Waals surface area contributed by atoms with Gasteiger partial charge in [-0.2, -0.15) is 0 Å². The molecule has 46 heavy (non-hydrogen) atoms. The largest absolute Gasteiger partial charge is 0.490 e. The Kier molecular flexibility index (Phi) is 10.2. The van der Waals surface area contributed by atoms with Crippen molar-refractivity contribution in [3.8, 4) is 5.75 Å². The van der Waals surface area contributed by atoms with Gasteiger partial charge in [0.25, 0.3) is 0 Å². The number of fused-ring (bicyclic) bond motifs is 3. The van der Waals surface area contributed by atoms with Gasteiger partial charge in [0, 0.05) is 37.1 Å². The molecule has 2 N–H and O–H groups in total. The Morgan fingerprint density at radius 3 is 2.70 bits per heavy atom. The summed E-state index contributed by atoms with van der Waals surface area (Å²) in [5.41, 5.74) is 0.921. The van der Waals surface area contributed by atoms with E-state index in [0.29, 0.717) is 37.0 Å². The fourth-order valence-electron chi connectivity index (χ4n) is 7.52. The smallest absolute Gasteiger partial charge is 0.343 e. The van der Waals surface area contributed by atoms with Crippen LogP contribution < -0.4 is 9.64 Å². The van der Waals surface area contributed by atoms with E-state index in [1.807, 2.05) is 13.0 Å². The molecular weight excluding hydrogens is 604 g/mol. The van der Waals surface area contributed by atoms with Gasteiger partial charge < -0.3 is 29.5 Å². The summed E-state index contributed by atoms with van der Waals surface area (Å²) in [7, 11) is 2.85. The number of esters is 1. The second kappa shape index (κ2) is 13.8. The Labute approximate surface area is 277 Å². The monoisotopic (exact) mass is 650 g/mol. The van der Waals surface area contributed by atoms with Crippen molar-refractivity contribution in [2.75, 3.05) is 45.3 Å². The molecule has 0 aromatic heterocycles. The number of anilines is 1. The standard InChI is InChI=1S/C37H47ClN2O6/c1-6-24(3)20-39(4)34(42)19-37(44,35(43)45-5)27-11-15-33-31(18-27)40(21-26-10-13-29(26)32(41)7-2)22-36(23-46-33)16-8-9-25-17-28(38)12-14-30(25)36/h6-7,11-12,14-15,17-18,24,26,29,32,41,44H,1-2,8-10,13,16,19-23H2,3-5H3/t24-,26+,29-,32?,36+,37?/m1/s1. The maximum Gasteiger partial charge on any atom is 0.343 e. The van der Waals surface area contributed by atoms with Crippen LogP contribution in [0.1, 0.15) is 55.7 Å². The van der Waals surface area contributed by atoms with Gasteiger partial charge in [0.2, 0.25) is 5.91 Å². The summed E-state index contributed by atoms with van der Waals surface area (Å²) >= 11 is 6.41. The van der Waals surface area contributed by atoms with E-state index in [0.717, 1.165) is 37.8 Å². The van der Waals surface area contributed by atoms with Crippen molar-refractivity contribution in [1.82, 2.24) is 4.90 Å². The molecule has 2 aromatic rings. The van der Waals surface area contributed by atoms with Crippen molar-refractivity contribution in [2.45, 2.75) is 62.6 Å². The lowest BCUT2D eigenvalue weighted by molar-refractivity contribution is -0.168. The molecule has 1 heterocycles. The minimum Gasteiger partial charge on any atom is -0.490 e. The summed E-state index contributed by atoms with van der Waals surface area (Å²) in [6, 6.07) is 11.3. The topological polar surface area (TPSA) is 99.5 Å². The van der Waals surface area contributed by atoms with Gasteiger partial charge in [0.1, 0.15) is 5.75 Å². The van der Waals surface area contributed by atoms with E-state index in [1.165, 1.54) is 23.1 Å². The molecule has 9 heteroatoms. The van der Waals surface area contributed by atoms with Crippen molar-refractivity contribution in [2.24, 2.45) is 17.8 Å². The average molecular weight is 651 g/mol. The van der Waals surface area contributed by atoms with E-state index in [9.17, 15) is 19.8 Å². The Bertz CT molecular complexity index is 1480. The number of aryl methyl sites for hydroxylation is 1. The third kappa shape index (κ3) is 6.57. The number of amides is 1. The molecule has 2 unspecified atom stereocenters. The third-order valence-corrected chi connectivity index (χ3v) is 10.7. The van der Waals surface area contributed by atoms with Gasteiger partial charge in [-0.3, -0.25) is 4.79 Å². The number of rotatable bonds is 11. The van der Waals surface area contributed by atoms with Gasteiger partial charge in [-0.1, -0.05) is 42.8 Å². The lowest BCUT2D eigenvalue weighted by atomic mass is 9.68. The third-order valence-electron chi connectivity index (χ3n) is 10.4. The van der Waals surface area contributed by atoms with Gasteiger partial charge in [0.05, 0.1) is 31.9 Å². The molecule has 1 saturated carbocycles. The van der Waals surface area contributed by atoms with E-state index < -0.39 is 30.0 Å². The summed E-state index contributed by atoms with van der Waals surface area (Å²) in [5.74, 6) is -0.306. The number of methoxy groups -OCH3 is 1. The average Bonchev–Trinajstić information content (AvgIpc) is 3.18. The second-order valence-corrected chi connectivity index (χ2v) is 14.0. The normalized spacial score (nSPS) is 24.5. The number of hydrogen-bond acceptors (Lipinski definition) is 7. The summed E-state index contributed by atoms with van der Waals surface area (Å²) < 4.78 is 11.7. The fraction of sp³-hybridized carbons (Fsp3) is 0.514. The fourth-order valence-corrected chi connectivity index (χ4v) is 7.72. The van der Waals surface area contributed by atoms with Crippen LogP contribution in [0.2, 0.25) is 5.02 Å². The van der Waals surface area contributed by atoms with Crippen LogP contribution in [0.4, 0.5) is 5.69 Å². The molecule has 2 aromatic carbocycles. The number of ether oxygens (including phenoxy) is 2. The summed E-state index contributed by atoms with van der Waals surface area (Å²) in [5, 5.41) is 23.3. The van der Waals surface area contributed by atoms with Gasteiger partial charge >= 0.3 is 5.97 Å². The molecule has 248 valence electrons. The Morgan fingerprint density at radius 2 is 2.02 bits per heavy atom. The number of aliphatic hydroxyl groups is 2. The highest BCUT2D eigenvalue weighted by atomic mass is 35.5. The zero-order valence-electron chi connectivity index (χ0n) is 27.2. The van der Waals surface area contributed by atoms with E-state index >= 15 is 0 Å². The maximum absolute atomic E-state index is 13.3. The quantitative estimate of drug-likeness (QED) is 0.248. The summed E-state index contributed by atoms with van der Waals surface area (Å²) in [6.07, 6.45) is 7.06. The van der Waals surface area contributed by atoms with Gasteiger partial charge in [-0.25, -0.2) is 4.79 Å². The van der Waals surface area contributed by atoms with Crippen LogP contribution >= 0.6 is 11.6 Å². The molecule has 0 bridgehead atoms. The van der Waals surface area contributed by atoms with Crippen LogP contribution in [0.15, 0.2) is 61.7 Å². The van der Waals surface area contributed by atoms with Crippen molar-refractivity contribution in [3.63, 3.8) is 0 Å². The van der Waals surface area contributed by atoms with Crippen LogP contribution in [0, 0.1) is 17.8 Å². The van der Waals surface area contributed by atoms with Crippen LogP contribution in [-0.2, 0) is 31.8 Å². The van der Waals surface area contributed by atoms with Crippen LogP contribution in [0.3, 0.4) is 0 Å². The van der Waals surface area contributed by atoms with Gasteiger partial charge in [-0.05, 0) is 90.8 Å². The molecule has 2 aliphatic carbocycles. The zero-order chi connectivity index (χ0) is 33.2. The van der Waals surface area contributed by atoms with E-state index in [1.54, 1.807) is 37.4 Å². The second-order valence-electron chi connectivity index (χ2n) is 13.5. The first-order valence-electron chi connectivity index (χ1n) is 16.2. The molecule has 6 atom stereocenters. The highest BCUT2D eigenvalue weighted by Crippen LogP contribution is 2.47. The highest BCUT2D eigenvalue weighted by molar-refractivity contribution is 6.30. The van der Waals surface area contributed by atoms with E-state index in [2.05, 4.69) is 30.2 Å². The lowest BCUT2D eigenvalue weighted by Gasteiger charge is -2.45. The highest BCUT2D eigenvalue weighted by Gasteiger charge is 2.46. The maximum atomic E-state index is 13.3. The first-order chi connectivity index (χ1) is 21.9. The Morgan fingerprint density at radius 1 is 1.24 bits per heavy atom. The molecule has 8 nitrogen and oxygen atoms in total. The first kappa shape index (κ1) is 34.0. The zero-order valence-corrected chi connectivity index (χ0v) is 28.0. The minimum atomic E-state index is -2.21. The molecule has 1 fully saturated rings. The predicted octanol–water partition coefficient (Wildman–Crippen LogP) is 5.42. The van der Waals surface area contributed by atoms with Crippen molar-refractivity contribution in [3.05, 3.63) is 83.4 Å². The Balaban J connectivity index is 1.55. The van der Waals surface area contributed by atoms with E-state index in [4.69, 9.17) is 21.1 Å². The minimum absolute atomic E-state index is 0.0431. The molecule has 1 spiro atoms. The van der Waals surface area contributed by atoms with E-state index in [-0.39, 0.29) is 28.7 Å². The summed E-state index contributed by atoms with van der Waals surface area (Å²) in [4.78, 5) is 30.3.